The summed E-state index contributed by atoms with van der Waals surface area (Å²) < 4.78 is 0. The van der Waals surface area contributed by atoms with Gasteiger partial charge in [-0.2, -0.15) is 0 Å². The van der Waals surface area contributed by atoms with E-state index in [1.165, 1.54) is 30.3 Å². The molecule has 0 bridgehead atoms. The van der Waals surface area contributed by atoms with Crippen LogP contribution < -0.4 is 16.4 Å². The van der Waals surface area contributed by atoms with Gasteiger partial charge in [0.2, 0.25) is 0 Å². The molecule has 124 valence electrons. The Balaban J connectivity index is 2.10. The number of anilines is 3. The van der Waals surface area contributed by atoms with Crippen LogP contribution in [0.1, 0.15) is 0 Å². The minimum absolute atomic E-state index is 0.0506. The maximum absolute atomic E-state index is 11.9. The molecule has 2 aromatic rings. The number of halogens is 2. The number of nitrogen functional groups attached to an aromatic ring is 1. The van der Waals surface area contributed by atoms with Gasteiger partial charge in [-0.05, 0) is 30.3 Å². The Kier molecular flexibility index (Phi) is 5.22. The molecule has 24 heavy (non-hydrogen) atoms. The molecule has 2 aromatic carbocycles. The number of rotatable bonds is 3. The van der Waals surface area contributed by atoms with Crippen molar-refractivity contribution in [3.05, 3.63) is 56.6 Å². The van der Waals surface area contributed by atoms with Crippen LogP contribution in [0.5, 0.6) is 0 Å². The first-order valence-corrected chi connectivity index (χ1v) is 7.15. The number of hydrogen-bond acceptors (Lipinski definition) is 5. The van der Waals surface area contributed by atoms with Crippen LogP contribution in [-0.4, -0.2) is 16.7 Å². The Bertz CT molecular complexity index is 842. The zero-order valence-electron chi connectivity index (χ0n) is 11.9. The van der Waals surface area contributed by atoms with Crippen molar-refractivity contribution < 1.29 is 14.5 Å². The van der Waals surface area contributed by atoms with Crippen molar-refractivity contribution in [3.63, 3.8) is 0 Å². The summed E-state index contributed by atoms with van der Waals surface area (Å²) in [5.74, 6) is -2.03. The molecular formula is C14H10Cl2N4O4. The molecule has 0 aromatic heterocycles. The summed E-state index contributed by atoms with van der Waals surface area (Å²) >= 11 is 11.6. The highest BCUT2D eigenvalue weighted by Crippen LogP contribution is 2.27. The van der Waals surface area contributed by atoms with Crippen molar-refractivity contribution in [2.75, 3.05) is 16.4 Å². The van der Waals surface area contributed by atoms with Crippen LogP contribution in [0.2, 0.25) is 10.0 Å². The number of carbonyl (C=O) groups excluding carboxylic acids is 2. The molecule has 0 aliphatic heterocycles. The number of carbonyl (C=O) groups is 2. The summed E-state index contributed by atoms with van der Waals surface area (Å²) in [6.07, 6.45) is 0. The van der Waals surface area contributed by atoms with Crippen molar-refractivity contribution >= 4 is 57.8 Å². The molecule has 0 saturated carbocycles. The molecule has 0 aliphatic rings. The fourth-order valence-corrected chi connectivity index (χ4v) is 2.15. The lowest BCUT2D eigenvalue weighted by Crippen LogP contribution is -2.29. The molecule has 0 saturated heterocycles. The molecule has 0 atom stereocenters. The highest BCUT2D eigenvalue weighted by Gasteiger charge is 2.18. The second kappa shape index (κ2) is 7.16. The van der Waals surface area contributed by atoms with E-state index in [9.17, 15) is 19.7 Å². The van der Waals surface area contributed by atoms with E-state index in [1.807, 2.05) is 0 Å². The van der Waals surface area contributed by atoms with Gasteiger partial charge in [0.15, 0.2) is 0 Å². The van der Waals surface area contributed by atoms with Gasteiger partial charge in [0.1, 0.15) is 5.02 Å². The Labute approximate surface area is 145 Å². The lowest BCUT2D eigenvalue weighted by molar-refractivity contribution is -0.384. The highest BCUT2D eigenvalue weighted by atomic mass is 35.5. The van der Waals surface area contributed by atoms with Gasteiger partial charge in [-0.25, -0.2) is 0 Å². The molecule has 0 fully saturated rings. The van der Waals surface area contributed by atoms with E-state index in [-0.39, 0.29) is 21.4 Å². The number of nitro benzene ring substituents is 1. The quantitative estimate of drug-likeness (QED) is 0.332. The van der Waals surface area contributed by atoms with Gasteiger partial charge in [0.25, 0.3) is 5.69 Å². The number of hydrogen-bond donors (Lipinski definition) is 3. The van der Waals surface area contributed by atoms with Crippen molar-refractivity contribution in [1.29, 1.82) is 0 Å². The summed E-state index contributed by atoms with van der Waals surface area (Å²) in [7, 11) is 0. The topological polar surface area (TPSA) is 127 Å². The second-order valence-corrected chi connectivity index (χ2v) is 5.39. The maximum Gasteiger partial charge on any atom is 0.314 e. The molecular weight excluding hydrogens is 359 g/mol. The monoisotopic (exact) mass is 368 g/mol. The predicted octanol–water partition coefficient (Wildman–Crippen LogP) is 3.06. The largest absolute Gasteiger partial charge is 0.399 e. The molecule has 4 N–H and O–H groups in total. The predicted molar refractivity (Wildman–Crippen MR) is 91.2 cm³/mol. The van der Waals surface area contributed by atoms with E-state index in [0.717, 1.165) is 6.07 Å². The number of nitro groups is 1. The summed E-state index contributed by atoms with van der Waals surface area (Å²) in [6.45, 7) is 0. The number of nitrogens with one attached hydrogen (secondary N) is 2. The van der Waals surface area contributed by atoms with E-state index in [1.54, 1.807) is 0 Å². The summed E-state index contributed by atoms with van der Waals surface area (Å²) in [5.41, 5.74) is 5.79. The summed E-state index contributed by atoms with van der Waals surface area (Å²) in [5, 5.41) is 15.4. The number of amides is 2. The normalized spacial score (nSPS) is 10.1. The number of nitrogens with zero attached hydrogens (tertiary/aromatic N) is 1. The van der Waals surface area contributed by atoms with Gasteiger partial charge in [-0.3, -0.25) is 19.7 Å². The Hall–Kier alpha value is -2.84. The van der Waals surface area contributed by atoms with Crippen molar-refractivity contribution in [2.24, 2.45) is 0 Å². The summed E-state index contributed by atoms with van der Waals surface area (Å²) in [6, 6.07) is 7.97. The van der Waals surface area contributed by atoms with Crippen LogP contribution in [0.4, 0.5) is 22.7 Å². The smallest absolute Gasteiger partial charge is 0.314 e. The Morgan fingerprint density at radius 2 is 1.67 bits per heavy atom. The number of benzene rings is 2. The minimum atomic E-state index is -1.03. The van der Waals surface area contributed by atoms with E-state index in [0.29, 0.717) is 5.69 Å². The van der Waals surface area contributed by atoms with Gasteiger partial charge >= 0.3 is 11.8 Å². The third kappa shape index (κ3) is 4.12. The van der Waals surface area contributed by atoms with Crippen LogP contribution in [0.15, 0.2) is 36.4 Å². The highest BCUT2D eigenvalue weighted by molar-refractivity contribution is 6.45. The van der Waals surface area contributed by atoms with Gasteiger partial charge in [-0.1, -0.05) is 23.2 Å². The van der Waals surface area contributed by atoms with Gasteiger partial charge < -0.3 is 16.4 Å². The Morgan fingerprint density at radius 3 is 2.29 bits per heavy atom. The first-order valence-electron chi connectivity index (χ1n) is 6.39. The molecule has 2 rings (SSSR count). The van der Waals surface area contributed by atoms with Crippen LogP contribution in [0.25, 0.3) is 0 Å². The SMILES string of the molecule is Nc1ccc(NC(=O)C(=O)Nc2ccc(Cl)c([N+](=O)[O-])c2)c(Cl)c1. The molecule has 2 amide bonds. The summed E-state index contributed by atoms with van der Waals surface area (Å²) in [4.78, 5) is 33.8. The van der Waals surface area contributed by atoms with E-state index in [2.05, 4.69) is 10.6 Å². The fraction of sp³-hybridized carbons (Fsp3) is 0. The lowest BCUT2D eigenvalue weighted by atomic mass is 10.2. The zero-order valence-corrected chi connectivity index (χ0v) is 13.4. The second-order valence-electron chi connectivity index (χ2n) is 4.57. The third-order valence-electron chi connectivity index (χ3n) is 2.85. The van der Waals surface area contributed by atoms with Gasteiger partial charge in [0, 0.05) is 17.4 Å². The van der Waals surface area contributed by atoms with Gasteiger partial charge in [0.05, 0.1) is 15.6 Å². The molecule has 0 unspecified atom stereocenters. The van der Waals surface area contributed by atoms with E-state index >= 15 is 0 Å². The lowest BCUT2D eigenvalue weighted by Gasteiger charge is -2.08. The average Bonchev–Trinajstić information content (AvgIpc) is 2.51. The van der Waals surface area contributed by atoms with E-state index in [4.69, 9.17) is 28.9 Å². The fourth-order valence-electron chi connectivity index (χ4n) is 1.73. The van der Waals surface area contributed by atoms with Crippen LogP contribution >= 0.6 is 23.2 Å². The van der Waals surface area contributed by atoms with E-state index < -0.39 is 22.4 Å². The molecule has 8 nitrogen and oxygen atoms in total. The van der Waals surface area contributed by atoms with Crippen molar-refractivity contribution in [2.45, 2.75) is 0 Å². The zero-order chi connectivity index (χ0) is 17.9. The minimum Gasteiger partial charge on any atom is -0.399 e. The first kappa shape index (κ1) is 17.5. The van der Waals surface area contributed by atoms with Crippen LogP contribution in [0.3, 0.4) is 0 Å². The molecule has 10 heteroatoms. The Morgan fingerprint density at radius 1 is 1.00 bits per heavy atom. The molecule has 0 radical (unpaired) electrons. The van der Waals surface area contributed by atoms with Crippen LogP contribution in [-0.2, 0) is 9.59 Å². The third-order valence-corrected chi connectivity index (χ3v) is 3.48. The van der Waals surface area contributed by atoms with Crippen LogP contribution in [0, 0.1) is 10.1 Å². The molecule has 0 spiro atoms. The molecule has 0 aliphatic carbocycles. The maximum atomic E-state index is 11.9. The standard InChI is InChI=1S/C14H10Cl2N4O4/c15-9-3-2-8(6-12(9)20(23)24)18-13(21)14(22)19-11-4-1-7(17)5-10(11)16/h1-6H,17H2,(H,18,21)(H,19,22). The average molecular weight is 369 g/mol. The van der Waals surface area contributed by atoms with Crippen molar-refractivity contribution in [3.8, 4) is 0 Å². The molecule has 0 heterocycles. The first-order chi connectivity index (χ1) is 11.3. The van der Waals surface area contributed by atoms with Gasteiger partial charge in [-0.15, -0.1) is 0 Å². The number of nitrogens with two attached hydrogens (primary N) is 1. The van der Waals surface area contributed by atoms with Crippen molar-refractivity contribution in [1.82, 2.24) is 0 Å².